The van der Waals surface area contributed by atoms with Crippen LogP contribution >= 0.6 is 0 Å². The molecule has 1 aromatic carbocycles. The second kappa shape index (κ2) is 24.8. The van der Waals surface area contributed by atoms with Gasteiger partial charge in [-0.25, -0.2) is 0 Å². The van der Waals surface area contributed by atoms with Gasteiger partial charge in [-0.3, -0.25) is 20.4 Å². The van der Waals surface area contributed by atoms with Gasteiger partial charge in [-0.1, -0.05) is 79.7 Å². The third-order valence-electron chi connectivity index (χ3n) is 8.96. The summed E-state index contributed by atoms with van der Waals surface area (Å²) in [6.07, 6.45) is 11.5. The Bertz CT molecular complexity index is 1330. The topological polar surface area (TPSA) is 145 Å². The molecule has 3 rings (SSSR count). The van der Waals surface area contributed by atoms with Crippen molar-refractivity contribution in [1.82, 2.24) is 20.4 Å². The molecule has 3 unspecified atom stereocenters. The van der Waals surface area contributed by atoms with Gasteiger partial charge in [-0.2, -0.15) is 5.26 Å². The van der Waals surface area contributed by atoms with Gasteiger partial charge in [0.1, 0.15) is 6.04 Å². The molecule has 10 nitrogen and oxygen atoms in total. The van der Waals surface area contributed by atoms with Crippen molar-refractivity contribution in [3.05, 3.63) is 71.5 Å². The average molecular weight is 692 g/mol. The minimum atomic E-state index is -1.03. The minimum absolute atomic E-state index is 0.0656. The first-order valence-corrected chi connectivity index (χ1v) is 18.2. The summed E-state index contributed by atoms with van der Waals surface area (Å²) in [6.45, 7) is 20.6. The van der Waals surface area contributed by atoms with E-state index in [1.807, 2.05) is 53.0 Å². The molecular formula is C40H65N7O3. The number of amides is 2. The third-order valence-corrected chi connectivity index (χ3v) is 8.96. The quantitative estimate of drug-likeness (QED) is 0.124. The van der Waals surface area contributed by atoms with Crippen molar-refractivity contribution < 1.29 is 14.3 Å². The number of hydrogen-bond acceptors (Lipinski definition) is 8. The molecule has 0 radical (unpaired) electrons. The maximum atomic E-state index is 13.0. The molecule has 0 saturated carbocycles. The van der Waals surface area contributed by atoms with Crippen molar-refractivity contribution in [3.8, 4) is 6.07 Å². The Morgan fingerprint density at radius 3 is 2.30 bits per heavy atom. The van der Waals surface area contributed by atoms with E-state index in [1.54, 1.807) is 36.2 Å². The number of nitriles is 1. The maximum Gasteiger partial charge on any atom is 0.253 e. The Balaban J connectivity index is 0.00000213. The van der Waals surface area contributed by atoms with Crippen molar-refractivity contribution in [2.45, 2.75) is 117 Å². The van der Waals surface area contributed by atoms with E-state index in [-0.39, 0.29) is 36.3 Å². The van der Waals surface area contributed by atoms with Gasteiger partial charge in [0.25, 0.3) is 5.91 Å². The molecule has 278 valence electrons. The third kappa shape index (κ3) is 12.3. The van der Waals surface area contributed by atoms with Crippen LogP contribution in [0, 0.1) is 22.1 Å². The summed E-state index contributed by atoms with van der Waals surface area (Å²) in [6, 6.07) is 7.31. The number of ether oxygens (including phenoxy) is 1. The number of nitrogens with zero attached hydrogens (tertiary/aromatic N) is 3. The second-order valence-electron chi connectivity index (χ2n) is 12.2. The van der Waals surface area contributed by atoms with E-state index in [1.165, 1.54) is 12.8 Å². The maximum absolute atomic E-state index is 13.0. The van der Waals surface area contributed by atoms with E-state index in [0.717, 1.165) is 35.1 Å². The second-order valence-corrected chi connectivity index (χ2v) is 12.2. The predicted octanol–water partition coefficient (Wildman–Crippen LogP) is 7.52. The summed E-state index contributed by atoms with van der Waals surface area (Å²) in [5.41, 5.74) is 3.40. The summed E-state index contributed by atoms with van der Waals surface area (Å²) in [5.74, 6) is -0.266. The number of aryl methyl sites for hydroxylation is 1. The van der Waals surface area contributed by atoms with E-state index >= 15 is 0 Å². The Labute approximate surface area is 303 Å². The molecule has 50 heavy (non-hydrogen) atoms. The van der Waals surface area contributed by atoms with Gasteiger partial charge in [0, 0.05) is 39.3 Å². The van der Waals surface area contributed by atoms with Crippen molar-refractivity contribution in [2.75, 3.05) is 34.2 Å². The largest absolute Gasteiger partial charge is 0.431 e. The highest BCUT2D eigenvalue weighted by Gasteiger charge is 2.47. The highest BCUT2D eigenvalue weighted by molar-refractivity contribution is 5.97. The number of nitrogens with one attached hydrogen (secondary N) is 4. The predicted molar refractivity (Wildman–Crippen MR) is 208 cm³/mol. The molecule has 2 aliphatic rings. The Morgan fingerprint density at radius 1 is 1.18 bits per heavy atom. The highest BCUT2D eigenvalue weighted by atomic mass is 16.5. The monoisotopic (exact) mass is 692 g/mol. The minimum Gasteiger partial charge on any atom is -0.431 e. The first kappa shape index (κ1) is 45.8. The van der Waals surface area contributed by atoms with Crippen LogP contribution in [-0.2, 0) is 21.4 Å². The fourth-order valence-corrected chi connectivity index (χ4v) is 6.23. The van der Waals surface area contributed by atoms with E-state index in [2.05, 4.69) is 43.7 Å². The lowest BCUT2D eigenvalue weighted by Crippen LogP contribution is -2.48. The molecule has 2 amide bonds. The standard InChI is InChI=1S/C31H42N6O3.C4H10.C3H7N.C2H6/c1-6-21-11-12-22-16-23(29(39)36(4)5)13-14-27(22)31(26(21)8-3,30(34)40-20-33)17-24(7-2)35-19-28(38)37-15-9-10-25(37)18-32;2*1-3-4-2;1-2/h6,13-14,16,20,24-25,33-35H,1,7-12,15,17,19H2,2-5H3;3-4H2,1-2H3;3-4H,1H2,2H3;1-2H3. The van der Waals surface area contributed by atoms with E-state index in [0.29, 0.717) is 50.6 Å². The van der Waals surface area contributed by atoms with Crippen LogP contribution in [0.25, 0.3) is 0 Å². The highest BCUT2D eigenvalue weighted by Crippen LogP contribution is 2.47. The fourth-order valence-electron chi connectivity index (χ4n) is 6.23. The molecule has 1 heterocycles. The van der Waals surface area contributed by atoms with Crippen LogP contribution in [0.15, 0.2) is 54.8 Å². The Kier molecular flexibility index (Phi) is 22.7. The fraction of sp³-hybridized carbons (Fsp3) is 0.575. The molecular weight excluding hydrogens is 626 g/mol. The lowest BCUT2D eigenvalue weighted by atomic mass is 9.66. The van der Waals surface area contributed by atoms with Crippen LogP contribution in [0.2, 0.25) is 0 Å². The number of allylic oxidation sites excluding steroid dienone is 2. The first-order valence-electron chi connectivity index (χ1n) is 18.2. The summed E-state index contributed by atoms with van der Waals surface area (Å²) in [5, 5.41) is 32.4. The van der Waals surface area contributed by atoms with Crippen molar-refractivity contribution >= 4 is 24.1 Å². The zero-order valence-corrected chi connectivity index (χ0v) is 32.4. The number of carbonyl (C=O) groups excluding carboxylic acids is 2. The number of carbonyl (C=O) groups is 2. The average Bonchev–Trinajstić information content (AvgIpc) is 3.59. The molecule has 1 aromatic rings. The van der Waals surface area contributed by atoms with Gasteiger partial charge in [0.05, 0.1) is 18.0 Å². The summed E-state index contributed by atoms with van der Waals surface area (Å²) < 4.78 is 5.56. The van der Waals surface area contributed by atoms with Crippen LogP contribution in [0.4, 0.5) is 0 Å². The van der Waals surface area contributed by atoms with Gasteiger partial charge in [0.2, 0.25) is 11.8 Å². The molecule has 1 fully saturated rings. The summed E-state index contributed by atoms with van der Waals surface area (Å²) >= 11 is 0. The molecule has 1 aliphatic heterocycles. The SMILES string of the molecule is C=CC1=C(CC)C(CC(CC)NCC(=O)N2CCCC2C#N)(C(=N)OC=N)c2ccc(C(=O)N(C)C)cc2CC1.C=CNC.CC.CCCC. The number of benzene rings is 1. The van der Waals surface area contributed by atoms with Gasteiger partial charge in [0.15, 0.2) is 6.40 Å². The Morgan fingerprint density at radius 2 is 1.82 bits per heavy atom. The van der Waals surface area contributed by atoms with Crippen molar-refractivity contribution in [2.24, 2.45) is 0 Å². The smallest absolute Gasteiger partial charge is 0.253 e. The summed E-state index contributed by atoms with van der Waals surface area (Å²) in [7, 11) is 5.25. The van der Waals surface area contributed by atoms with Gasteiger partial charge in [-0.15, -0.1) is 0 Å². The number of likely N-dealkylation sites (tertiary alicyclic amines) is 1. The van der Waals surface area contributed by atoms with Crippen LogP contribution in [0.1, 0.15) is 114 Å². The van der Waals surface area contributed by atoms with Gasteiger partial charge >= 0.3 is 0 Å². The first-order chi connectivity index (χ1) is 24.0. The lowest BCUT2D eigenvalue weighted by molar-refractivity contribution is -0.130. The van der Waals surface area contributed by atoms with E-state index in [4.69, 9.17) is 10.1 Å². The van der Waals surface area contributed by atoms with Gasteiger partial charge in [-0.05, 0) is 85.6 Å². The molecule has 0 spiro atoms. The Hall–Kier alpha value is -4.23. The van der Waals surface area contributed by atoms with Crippen LogP contribution < -0.4 is 10.6 Å². The molecule has 4 N–H and O–H groups in total. The molecule has 1 saturated heterocycles. The molecule has 3 atom stereocenters. The number of fused-ring (bicyclic) bond motifs is 1. The van der Waals surface area contributed by atoms with Gasteiger partial charge < -0.3 is 25.2 Å². The van der Waals surface area contributed by atoms with E-state index in [9.17, 15) is 20.3 Å². The number of unbranched alkanes of at least 4 members (excludes halogenated alkanes) is 1. The summed E-state index contributed by atoms with van der Waals surface area (Å²) in [4.78, 5) is 29.0. The van der Waals surface area contributed by atoms with Crippen LogP contribution in [0.5, 0.6) is 0 Å². The van der Waals surface area contributed by atoms with Crippen molar-refractivity contribution in [3.63, 3.8) is 0 Å². The number of hydrogen-bond donors (Lipinski definition) is 4. The molecule has 10 heteroatoms. The molecule has 0 aromatic heterocycles. The van der Waals surface area contributed by atoms with E-state index < -0.39 is 5.41 Å². The van der Waals surface area contributed by atoms with Crippen molar-refractivity contribution in [1.29, 1.82) is 16.1 Å². The van der Waals surface area contributed by atoms with Crippen LogP contribution in [-0.4, -0.2) is 80.2 Å². The lowest BCUT2D eigenvalue weighted by Gasteiger charge is -2.40. The zero-order chi connectivity index (χ0) is 38.3. The molecule has 0 bridgehead atoms. The zero-order valence-electron chi connectivity index (χ0n) is 32.4. The van der Waals surface area contributed by atoms with Crippen LogP contribution in [0.3, 0.4) is 0 Å². The normalized spacial score (nSPS) is 18.0. The number of rotatable bonds is 13. The molecule has 1 aliphatic carbocycles.